The Bertz CT molecular complexity index is 1200. The second kappa shape index (κ2) is 13.5. The molecule has 6 rings (SSSR count). The Morgan fingerprint density at radius 2 is 1.12 bits per heavy atom. The molecule has 4 fully saturated rings. The Balaban J connectivity index is 0.923. The van der Waals surface area contributed by atoms with Crippen molar-refractivity contribution in [1.82, 2.24) is 0 Å². The van der Waals surface area contributed by atoms with Gasteiger partial charge in [0.05, 0.1) is 27.4 Å². The number of hydrogen-bond acceptors (Lipinski definition) is 6. The Kier molecular flexibility index (Phi) is 9.29. The van der Waals surface area contributed by atoms with Gasteiger partial charge in [-0.3, -0.25) is 9.59 Å². The fraction of sp³-hybridized carbons (Fsp3) is 0.600. The first-order chi connectivity index (χ1) is 21.0. The van der Waals surface area contributed by atoms with Gasteiger partial charge in [-0.15, -0.1) is 0 Å². The van der Waals surface area contributed by atoms with Gasteiger partial charge in [-0.1, -0.05) is 12.8 Å². The monoisotopic (exact) mass is 590 g/mol. The molecule has 6 atom stereocenters. The average Bonchev–Trinajstić information content (AvgIpc) is 3.81. The summed E-state index contributed by atoms with van der Waals surface area (Å²) in [6, 6.07) is 11.0. The summed E-state index contributed by atoms with van der Waals surface area (Å²) in [5, 5.41) is 6.08. The fourth-order valence-electron chi connectivity index (χ4n) is 8.31. The average molecular weight is 591 g/mol. The molecular weight excluding hydrogens is 544 g/mol. The Hall–Kier alpha value is -3.42. The van der Waals surface area contributed by atoms with Crippen molar-refractivity contribution < 1.29 is 28.5 Å². The van der Waals surface area contributed by atoms with Gasteiger partial charge in [0.15, 0.2) is 23.0 Å². The van der Waals surface area contributed by atoms with Crippen molar-refractivity contribution >= 4 is 23.2 Å². The molecule has 2 aromatic rings. The van der Waals surface area contributed by atoms with E-state index in [1.54, 1.807) is 14.2 Å². The summed E-state index contributed by atoms with van der Waals surface area (Å²) in [6.45, 7) is 0.873. The summed E-state index contributed by atoms with van der Waals surface area (Å²) >= 11 is 0. The highest BCUT2D eigenvalue weighted by Crippen LogP contribution is 2.50. The minimum absolute atomic E-state index is 0.0759. The minimum atomic E-state index is 0.0759. The molecule has 6 unspecified atom stereocenters. The molecule has 0 radical (unpaired) electrons. The summed E-state index contributed by atoms with van der Waals surface area (Å²) in [5.74, 6) is 6.78. The molecule has 4 aliphatic rings. The van der Waals surface area contributed by atoms with E-state index in [0.717, 1.165) is 35.0 Å². The van der Waals surface area contributed by atoms with Crippen LogP contribution in [0.5, 0.6) is 23.0 Å². The first-order valence-corrected chi connectivity index (χ1v) is 16.2. The van der Waals surface area contributed by atoms with Crippen LogP contribution in [0.2, 0.25) is 0 Å². The zero-order chi connectivity index (χ0) is 29.8. The maximum Gasteiger partial charge on any atom is 0.224 e. The van der Waals surface area contributed by atoms with E-state index < -0.39 is 0 Å². The van der Waals surface area contributed by atoms with Crippen molar-refractivity contribution in [3.63, 3.8) is 0 Å². The third-order valence-electron chi connectivity index (χ3n) is 10.4. The van der Waals surface area contributed by atoms with Crippen LogP contribution in [0.1, 0.15) is 70.6 Å². The molecule has 2 N–H and O–H groups in total. The molecule has 0 heterocycles. The van der Waals surface area contributed by atoms with E-state index in [9.17, 15) is 9.59 Å². The Morgan fingerprint density at radius 1 is 0.651 bits per heavy atom. The predicted molar refractivity (Wildman–Crippen MR) is 166 cm³/mol. The number of carbonyl (C=O) groups is 2. The zero-order valence-corrected chi connectivity index (χ0v) is 25.6. The number of benzene rings is 2. The number of anilines is 2. The van der Waals surface area contributed by atoms with Gasteiger partial charge in [-0.25, -0.2) is 0 Å². The lowest BCUT2D eigenvalue weighted by Crippen LogP contribution is -2.20. The lowest BCUT2D eigenvalue weighted by Gasteiger charge is -2.21. The quantitative estimate of drug-likeness (QED) is 0.228. The number of fused-ring (bicyclic) bond motifs is 4. The highest BCUT2D eigenvalue weighted by molar-refractivity contribution is 5.92. The number of rotatable bonds is 14. The first kappa shape index (κ1) is 29.6. The summed E-state index contributed by atoms with van der Waals surface area (Å²) in [7, 11) is 3.20. The molecule has 0 saturated heterocycles. The number of methoxy groups -OCH3 is 2. The Labute approximate surface area is 255 Å². The molecule has 43 heavy (non-hydrogen) atoms. The number of nitrogens with one attached hydrogen (secondary N) is 2. The van der Waals surface area contributed by atoms with Crippen LogP contribution in [0.25, 0.3) is 0 Å². The minimum Gasteiger partial charge on any atom is -0.493 e. The fourth-order valence-corrected chi connectivity index (χ4v) is 8.31. The lowest BCUT2D eigenvalue weighted by atomic mass is 9.86. The number of amides is 2. The summed E-state index contributed by atoms with van der Waals surface area (Å²) in [5.41, 5.74) is 1.44. The number of hydrogen-bond donors (Lipinski definition) is 2. The van der Waals surface area contributed by atoms with Crippen molar-refractivity contribution in [3.8, 4) is 23.0 Å². The van der Waals surface area contributed by atoms with Gasteiger partial charge < -0.3 is 29.6 Å². The lowest BCUT2D eigenvalue weighted by molar-refractivity contribution is -0.118. The topological polar surface area (TPSA) is 95.1 Å². The third kappa shape index (κ3) is 7.22. The first-order valence-electron chi connectivity index (χ1n) is 16.2. The SMILES string of the molecule is COc1cc(NC(=O)CC2CC3CCC2C3)ccc1OCCCOc1ccc(NC(=O)CC2CC3CCC2C3)cc1OC. The van der Waals surface area contributed by atoms with Gasteiger partial charge in [0.2, 0.25) is 11.8 Å². The maximum absolute atomic E-state index is 12.7. The van der Waals surface area contributed by atoms with Crippen molar-refractivity contribution in [2.75, 3.05) is 38.1 Å². The van der Waals surface area contributed by atoms with Crippen molar-refractivity contribution in [2.45, 2.75) is 70.6 Å². The van der Waals surface area contributed by atoms with Crippen LogP contribution < -0.4 is 29.6 Å². The molecule has 4 saturated carbocycles. The number of carbonyl (C=O) groups excluding carboxylic acids is 2. The van der Waals surface area contributed by atoms with Gasteiger partial charge in [-0.2, -0.15) is 0 Å². The molecular formula is C35H46N2O6. The van der Waals surface area contributed by atoms with Crippen molar-refractivity contribution in [3.05, 3.63) is 36.4 Å². The predicted octanol–water partition coefficient (Wildman–Crippen LogP) is 7.08. The second-order valence-corrected chi connectivity index (χ2v) is 13.2. The van der Waals surface area contributed by atoms with Crippen LogP contribution in [-0.4, -0.2) is 39.2 Å². The summed E-state index contributed by atoms with van der Waals surface area (Å²) in [6.07, 6.45) is 12.1. The molecule has 4 bridgehead atoms. The zero-order valence-electron chi connectivity index (χ0n) is 25.6. The molecule has 2 amide bonds. The smallest absolute Gasteiger partial charge is 0.224 e. The molecule has 4 aliphatic carbocycles. The number of ether oxygens (including phenoxy) is 4. The second-order valence-electron chi connectivity index (χ2n) is 13.2. The molecule has 232 valence electrons. The van der Waals surface area contributed by atoms with Crippen LogP contribution >= 0.6 is 0 Å². The Morgan fingerprint density at radius 3 is 1.49 bits per heavy atom. The van der Waals surface area contributed by atoms with E-state index in [0.29, 0.717) is 67.3 Å². The largest absolute Gasteiger partial charge is 0.493 e. The third-order valence-corrected chi connectivity index (χ3v) is 10.4. The maximum atomic E-state index is 12.7. The molecule has 0 aliphatic heterocycles. The van der Waals surface area contributed by atoms with Gasteiger partial charge in [0, 0.05) is 42.8 Å². The van der Waals surface area contributed by atoms with Crippen molar-refractivity contribution in [2.24, 2.45) is 35.5 Å². The highest BCUT2D eigenvalue weighted by Gasteiger charge is 2.41. The molecule has 2 aromatic carbocycles. The van der Waals surface area contributed by atoms with Crippen LogP contribution in [0.15, 0.2) is 36.4 Å². The van der Waals surface area contributed by atoms with Gasteiger partial charge >= 0.3 is 0 Å². The van der Waals surface area contributed by atoms with E-state index in [1.165, 1.54) is 51.4 Å². The van der Waals surface area contributed by atoms with E-state index in [1.807, 2.05) is 36.4 Å². The van der Waals surface area contributed by atoms with Crippen LogP contribution in [0.3, 0.4) is 0 Å². The normalized spacial score (nSPS) is 26.7. The molecule has 0 spiro atoms. The van der Waals surface area contributed by atoms with E-state index in [4.69, 9.17) is 18.9 Å². The standard InChI is InChI=1S/C35H46N2O6/c1-40-32-20-28(36-34(38)18-26-16-22-4-6-24(26)14-22)8-10-30(32)42-12-3-13-43-31-11-9-29(21-33(31)41-2)37-35(39)19-27-17-23-5-7-25(27)15-23/h8-11,20-27H,3-7,12-19H2,1-2H3,(H,36,38)(H,37,39). The van der Waals surface area contributed by atoms with Crippen LogP contribution in [0, 0.1) is 35.5 Å². The van der Waals surface area contributed by atoms with Crippen LogP contribution in [0.4, 0.5) is 11.4 Å². The van der Waals surface area contributed by atoms with E-state index >= 15 is 0 Å². The molecule has 8 heteroatoms. The van der Waals surface area contributed by atoms with Crippen LogP contribution in [-0.2, 0) is 9.59 Å². The van der Waals surface area contributed by atoms with E-state index in [-0.39, 0.29) is 11.8 Å². The van der Waals surface area contributed by atoms with Gasteiger partial charge in [0.1, 0.15) is 0 Å². The van der Waals surface area contributed by atoms with Gasteiger partial charge in [0.25, 0.3) is 0 Å². The summed E-state index contributed by atoms with van der Waals surface area (Å²) < 4.78 is 23.0. The molecule has 0 aromatic heterocycles. The molecule has 8 nitrogen and oxygen atoms in total. The summed E-state index contributed by atoms with van der Waals surface area (Å²) in [4.78, 5) is 25.3. The highest BCUT2D eigenvalue weighted by atomic mass is 16.5. The van der Waals surface area contributed by atoms with E-state index in [2.05, 4.69) is 10.6 Å². The van der Waals surface area contributed by atoms with Crippen molar-refractivity contribution in [1.29, 1.82) is 0 Å². The van der Waals surface area contributed by atoms with Gasteiger partial charge in [-0.05, 0) is 98.3 Å².